The van der Waals surface area contributed by atoms with Crippen molar-refractivity contribution >= 4 is 49.8 Å². The molecular weight excluding hydrogens is 610 g/mol. The van der Waals surface area contributed by atoms with Gasteiger partial charge >= 0.3 is 0 Å². The number of hydrogen-bond donors (Lipinski definition) is 2. The molecule has 9 nitrogen and oxygen atoms in total. The predicted octanol–water partition coefficient (Wildman–Crippen LogP) is 6.48. The molecule has 45 heavy (non-hydrogen) atoms. The number of pyridine rings is 1. The van der Waals surface area contributed by atoms with Gasteiger partial charge in [0.25, 0.3) is 5.91 Å². The van der Waals surface area contributed by atoms with E-state index in [1.165, 1.54) is 23.1 Å². The minimum atomic E-state index is -3.76. The Morgan fingerprint density at radius 3 is 2.56 bits per heavy atom. The zero-order chi connectivity index (χ0) is 31.8. The number of H-pyrrole nitrogens is 1. The summed E-state index contributed by atoms with van der Waals surface area (Å²) in [6.07, 6.45) is 7.63. The molecule has 0 spiro atoms. The third kappa shape index (κ3) is 7.52. The fourth-order valence-corrected chi connectivity index (χ4v) is 6.78. The summed E-state index contributed by atoms with van der Waals surface area (Å²) >= 11 is 6.19. The first kappa shape index (κ1) is 31.1. The van der Waals surface area contributed by atoms with Crippen molar-refractivity contribution in [1.29, 1.82) is 0 Å². The standard InChI is InChI=1S/C34H38ClN5O4S/c1-34(2)12-10-25(30(20-34)23-4-6-26(35)7-5-23)22-39-14-16-40(17-15-39)27-8-9-29(33(41)38-45(3,42)43)31(19-27)44-28-18-24-11-13-36-32(24)37-21-28/h4-9,11,13,18-19,21H,10,12,14-17,20,22H2,1-3H3,(H,36,37)(H,38,41). The molecule has 236 valence electrons. The maximum Gasteiger partial charge on any atom is 0.268 e. The van der Waals surface area contributed by atoms with Crippen molar-refractivity contribution in [3.63, 3.8) is 0 Å². The average molecular weight is 648 g/mol. The van der Waals surface area contributed by atoms with Gasteiger partial charge in [-0.05, 0) is 72.2 Å². The molecule has 0 bridgehead atoms. The number of carbonyl (C=O) groups excluding carboxylic acids is 1. The number of rotatable bonds is 8. The lowest BCUT2D eigenvalue weighted by molar-refractivity contribution is 0.0979. The normalized spacial score (nSPS) is 17.5. The second kappa shape index (κ2) is 12.5. The first-order valence-electron chi connectivity index (χ1n) is 15.1. The number of aromatic amines is 1. The Morgan fingerprint density at radius 1 is 1.07 bits per heavy atom. The topological polar surface area (TPSA) is 108 Å². The molecule has 1 aliphatic heterocycles. The van der Waals surface area contributed by atoms with E-state index in [2.05, 4.69) is 50.5 Å². The van der Waals surface area contributed by atoms with Gasteiger partial charge in [-0.1, -0.05) is 43.2 Å². The van der Waals surface area contributed by atoms with Crippen molar-refractivity contribution in [2.75, 3.05) is 43.9 Å². The molecular formula is C34H38ClN5O4S. The van der Waals surface area contributed by atoms with E-state index in [9.17, 15) is 13.2 Å². The van der Waals surface area contributed by atoms with Crippen LogP contribution in [0.1, 0.15) is 49.0 Å². The molecule has 0 unspecified atom stereocenters. The lowest BCUT2D eigenvalue weighted by atomic mass is 9.72. The smallest absolute Gasteiger partial charge is 0.268 e. The molecule has 1 amide bonds. The van der Waals surface area contributed by atoms with Crippen molar-refractivity contribution in [2.24, 2.45) is 5.41 Å². The molecule has 1 saturated heterocycles. The first-order chi connectivity index (χ1) is 21.4. The second-order valence-corrected chi connectivity index (χ2v) is 15.0. The first-order valence-corrected chi connectivity index (χ1v) is 17.4. The number of hydrogen-bond acceptors (Lipinski definition) is 7. The highest BCUT2D eigenvalue weighted by molar-refractivity contribution is 7.89. The van der Waals surface area contributed by atoms with Gasteiger partial charge in [0.05, 0.1) is 18.0 Å². The van der Waals surface area contributed by atoms with Crippen LogP contribution >= 0.6 is 11.6 Å². The molecule has 11 heteroatoms. The van der Waals surface area contributed by atoms with E-state index in [-0.39, 0.29) is 16.7 Å². The van der Waals surface area contributed by atoms with Crippen LogP contribution in [-0.4, -0.2) is 68.2 Å². The molecule has 2 N–H and O–H groups in total. The van der Waals surface area contributed by atoms with E-state index >= 15 is 0 Å². The van der Waals surface area contributed by atoms with Gasteiger partial charge in [-0.3, -0.25) is 9.69 Å². The largest absolute Gasteiger partial charge is 0.455 e. The molecule has 2 aromatic heterocycles. The fourth-order valence-electron chi connectivity index (χ4n) is 6.20. The Kier molecular flexibility index (Phi) is 8.65. The van der Waals surface area contributed by atoms with Crippen molar-refractivity contribution in [2.45, 2.75) is 33.1 Å². The third-order valence-electron chi connectivity index (χ3n) is 8.62. The summed E-state index contributed by atoms with van der Waals surface area (Å²) in [5, 5.41) is 1.61. The lowest BCUT2D eigenvalue weighted by Gasteiger charge is -2.39. The fraction of sp³-hybridized carbons (Fsp3) is 0.353. The van der Waals surface area contributed by atoms with Crippen molar-refractivity contribution in [3.8, 4) is 11.5 Å². The SMILES string of the molecule is CC1(C)CCC(CN2CCN(c3ccc(C(=O)NS(C)(=O)=O)c(Oc4cnc5[nH]ccc5c4)c3)CC2)=C(c2ccc(Cl)cc2)C1. The molecule has 3 heterocycles. The molecule has 4 aromatic rings. The van der Waals surface area contributed by atoms with E-state index in [0.717, 1.165) is 73.6 Å². The van der Waals surface area contributed by atoms with Crippen LogP contribution in [0.5, 0.6) is 11.5 Å². The van der Waals surface area contributed by atoms with E-state index in [0.29, 0.717) is 5.75 Å². The van der Waals surface area contributed by atoms with Crippen LogP contribution in [0.3, 0.4) is 0 Å². The summed E-state index contributed by atoms with van der Waals surface area (Å²) in [5.74, 6) is -0.0479. The van der Waals surface area contributed by atoms with Gasteiger partial charge in [-0.15, -0.1) is 0 Å². The number of piperazine rings is 1. The number of allylic oxidation sites excluding steroid dienone is 1. The number of nitrogens with zero attached hydrogens (tertiary/aromatic N) is 3. The number of anilines is 1. The van der Waals surface area contributed by atoms with Crippen LogP contribution in [0.25, 0.3) is 16.6 Å². The summed E-state index contributed by atoms with van der Waals surface area (Å²) in [5.41, 5.74) is 6.23. The molecule has 6 rings (SSSR count). The molecule has 0 saturated carbocycles. The highest BCUT2D eigenvalue weighted by Crippen LogP contribution is 2.43. The molecule has 2 aliphatic rings. The Morgan fingerprint density at radius 2 is 1.82 bits per heavy atom. The number of benzene rings is 2. The Balaban J connectivity index is 1.20. The molecule has 2 aromatic carbocycles. The Labute approximate surface area is 269 Å². The van der Waals surface area contributed by atoms with Crippen molar-refractivity contribution in [1.82, 2.24) is 19.6 Å². The summed E-state index contributed by atoms with van der Waals surface area (Å²) in [4.78, 5) is 25.1. The zero-order valence-corrected chi connectivity index (χ0v) is 27.3. The number of amides is 1. The van der Waals surface area contributed by atoms with Gasteiger partial charge in [-0.25, -0.2) is 18.1 Å². The third-order valence-corrected chi connectivity index (χ3v) is 9.43. The highest BCUT2D eigenvalue weighted by Gasteiger charge is 2.29. The van der Waals surface area contributed by atoms with E-state index < -0.39 is 15.9 Å². The quantitative estimate of drug-likeness (QED) is 0.225. The maximum absolute atomic E-state index is 12.9. The van der Waals surface area contributed by atoms with Gasteiger partial charge < -0.3 is 14.6 Å². The van der Waals surface area contributed by atoms with Crippen molar-refractivity contribution in [3.05, 3.63) is 88.7 Å². The zero-order valence-electron chi connectivity index (χ0n) is 25.8. The summed E-state index contributed by atoms with van der Waals surface area (Å²) < 4.78 is 31.9. The van der Waals surface area contributed by atoms with Crippen molar-refractivity contribution < 1.29 is 17.9 Å². The Bertz CT molecular complexity index is 1860. The molecule has 0 radical (unpaired) electrons. The molecule has 1 fully saturated rings. The van der Waals surface area contributed by atoms with Gasteiger partial charge in [0, 0.05) is 61.1 Å². The molecule has 1 aliphatic carbocycles. The number of carbonyl (C=O) groups is 1. The van der Waals surface area contributed by atoms with Gasteiger partial charge in [-0.2, -0.15) is 0 Å². The number of ether oxygens (including phenoxy) is 1. The van der Waals surface area contributed by atoms with Gasteiger partial charge in [0.1, 0.15) is 17.1 Å². The molecule has 0 atom stereocenters. The van der Waals surface area contributed by atoms with E-state index in [1.54, 1.807) is 24.5 Å². The number of fused-ring (bicyclic) bond motifs is 1. The summed E-state index contributed by atoms with van der Waals surface area (Å²) in [6, 6.07) is 17.2. The van der Waals surface area contributed by atoms with Gasteiger partial charge in [0.2, 0.25) is 10.0 Å². The average Bonchev–Trinajstić information content (AvgIpc) is 3.46. The number of halogens is 1. The van der Waals surface area contributed by atoms with E-state index in [1.807, 2.05) is 30.3 Å². The van der Waals surface area contributed by atoms with Crippen LogP contribution in [0, 0.1) is 5.41 Å². The lowest BCUT2D eigenvalue weighted by Crippen LogP contribution is -2.47. The van der Waals surface area contributed by atoms with Crippen LogP contribution in [0.2, 0.25) is 5.02 Å². The van der Waals surface area contributed by atoms with Gasteiger partial charge in [0.15, 0.2) is 0 Å². The number of aromatic nitrogens is 2. The Hall–Kier alpha value is -3.86. The van der Waals surface area contributed by atoms with Crippen LogP contribution in [-0.2, 0) is 10.0 Å². The number of sulfonamides is 1. The predicted molar refractivity (Wildman–Crippen MR) is 180 cm³/mol. The maximum atomic E-state index is 12.9. The van der Waals surface area contributed by atoms with Crippen LogP contribution < -0.4 is 14.4 Å². The van der Waals surface area contributed by atoms with E-state index in [4.69, 9.17) is 16.3 Å². The second-order valence-electron chi connectivity index (χ2n) is 12.8. The summed E-state index contributed by atoms with van der Waals surface area (Å²) in [7, 11) is -3.76. The van der Waals surface area contributed by atoms with Crippen LogP contribution in [0.15, 0.2) is 72.6 Å². The summed E-state index contributed by atoms with van der Waals surface area (Å²) in [6.45, 7) is 9.03. The monoisotopic (exact) mass is 647 g/mol. The number of nitrogens with one attached hydrogen (secondary N) is 2. The minimum absolute atomic E-state index is 0.124. The van der Waals surface area contributed by atoms with Crippen LogP contribution in [0.4, 0.5) is 5.69 Å². The minimum Gasteiger partial charge on any atom is -0.455 e. The highest BCUT2D eigenvalue weighted by atomic mass is 35.5.